The Hall–Kier alpha value is -2.91. The van der Waals surface area contributed by atoms with Gasteiger partial charge in [0.2, 0.25) is 11.0 Å². The Bertz CT molecular complexity index is 1160. The summed E-state index contributed by atoms with van der Waals surface area (Å²) < 4.78 is 5.29. The van der Waals surface area contributed by atoms with Gasteiger partial charge in [-0.1, -0.05) is 23.5 Å². The molecule has 1 atom stereocenters. The molecule has 0 aromatic heterocycles. The van der Waals surface area contributed by atoms with E-state index >= 15 is 0 Å². The number of amides is 1. The number of anilines is 1. The predicted octanol–water partition coefficient (Wildman–Crippen LogP) is 3.68. The molecule has 2 aromatic carbocycles. The summed E-state index contributed by atoms with van der Waals surface area (Å²) >= 11 is 2.87. The maximum absolute atomic E-state index is 12.6. The van der Waals surface area contributed by atoms with E-state index in [1.54, 1.807) is 24.1 Å². The van der Waals surface area contributed by atoms with E-state index in [2.05, 4.69) is 15.2 Å². The van der Waals surface area contributed by atoms with E-state index < -0.39 is 0 Å². The van der Waals surface area contributed by atoms with Gasteiger partial charge in [-0.05, 0) is 35.9 Å². The van der Waals surface area contributed by atoms with E-state index in [0.29, 0.717) is 16.6 Å². The van der Waals surface area contributed by atoms with Crippen LogP contribution in [0.5, 0.6) is 11.5 Å². The molecule has 3 aliphatic heterocycles. The molecule has 0 bridgehead atoms. The molecule has 0 radical (unpaired) electrons. The van der Waals surface area contributed by atoms with Crippen LogP contribution >= 0.6 is 23.1 Å². The number of methoxy groups -OCH3 is 1. The molecule has 28 heavy (non-hydrogen) atoms. The highest BCUT2D eigenvalue weighted by Gasteiger charge is 2.36. The van der Waals surface area contributed by atoms with Crippen LogP contribution in [0.4, 0.5) is 5.13 Å². The fourth-order valence-electron chi connectivity index (χ4n) is 3.19. The van der Waals surface area contributed by atoms with Crippen LogP contribution in [0.3, 0.4) is 0 Å². The second-order valence-corrected chi connectivity index (χ2v) is 8.28. The van der Waals surface area contributed by atoms with Gasteiger partial charge >= 0.3 is 0 Å². The predicted molar refractivity (Wildman–Crippen MR) is 109 cm³/mol. The lowest BCUT2D eigenvalue weighted by atomic mass is 10.2. The van der Waals surface area contributed by atoms with Gasteiger partial charge < -0.3 is 9.84 Å². The summed E-state index contributed by atoms with van der Waals surface area (Å²) in [5.41, 5.74) is 2.44. The smallest absolute Gasteiger partial charge is 0.240 e. The number of nitrogens with zero attached hydrogens (tertiary/aromatic N) is 4. The highest BCUT2D eigenvalue weighted by molar-refractivity contribution is 8.00. The van der Waals surface area contributed by atoms with Crippen molar-refractivity contribution in [1.82, 2.24) is 15.2 Å². The Morgan fingerprint density at radius 2 is 2.00 bits per heavy atom. The largest absolute Gasteiger partial charge is 0.508 e. The molecule has 140 valence electrons. The Balaban J connectivity index is 1.59. The van der Waals surface area contributed by atoms with Crippen LogP contribution in [0.25, 0.3) is 21.6 Å². The van der Waals surface area contributed by atoms with E-state index in [4.69, 9.17) is 4.74 Å². The quantitative estimate of drug-likeness (QED) is 0.551. The summed E-state index contributed by atoms with van der Waals surface area (Å²) in [6.45, 7) is 0. The van der Waals surface area contributed by atoms with Crippen LogP contribution in [0.1, 0.15) is 10.9 Å². The maximum Gasteiger partial charge on any atom is 0.240 e. The molecule has 0 spiro atoms. The Kier molecular flexibility index (Phi) is 4.06. The van der Waals surface area contributed by atoms with Gasteiger partial charge in [0.25, 0.3) is 0 Å². The van der Waals surface area contributed by atoms with E-state index in [9.17, 15) is 9.90 Å². The number of aromatic nitrogens is 3. The van der Waals surface area contributed by atoms with Gasteiger partial charge in [-0.3, -0.25) is 9.69 Å². The molecule has 7 nitrogen and oxygen atoms in total. The fourth-order valence-corrected chi connectivity index (χ4v) is 5.36. The third-order valence-electron chi connectivity index (χ3n) is 4.56. The summed E-state index contributed by atoms with van der Waals surface area (Å²) in [7, 11) is 1.62. The summed E-state index contributed by atoms with van der Waals surface area (Å²) in [4.78, 5) is 18.9. The number of ether oxygens (including phenoxy) is 1. The molecule has 1 N–H and O–H groups in total. The third kappa shape index (κ3) is 2.74. The van der Waals surface area contributed by atoms with Crippen molar-refractivity contribution < 1.29 is 14.6 Å². The van der Waals surface area contributed by atoms with Gasteiger partial charge in [-0.15, -0.1) is 22.0 Å². The summed E-state index contributed by atoms with van der Waals surface area (Å²) in [5, 5.41) is 20.1. The number of hydrogen-bond acceptors (Lipinski definition) is 8. The molecule has 1 unspecified atom stereocenters. The first-order valence-electron chi connectivity index (χ1n) is 8.47. The van der Waals surface area contributed by atoms with E-state index in [1.807, 2.05) is 30.3 Å². The minimum absolute atomic E-state index is 0.0224. The standard InChI is InChI=1S/C19H14N4O3S2/c1-26-12-6-7-14-13(8-12)16-17(20-14)28-19(22-21-16)23-15(25)9-27-18(23)10-2-4-11(24)5-3-10/h2-8,18,24H,9H2,1H3. The van der Waals surface area contributed by atoms with Crippen LogP contribution in [0, 0.1) is 0 Å². The average Bonchev–Trinajstić information content (AvgIpc) is 3.27. The monoisotopic (exact) mass is 410 g/mol. The van der Waals surface area contributed by atoms with Crippen molar-refractivity contribution in [1.29, 1.82) is 0 Å². The first-order valence-corrected chi connectivity index (χ1v) is 10.3. The van der Waals surface area contributed by atoms with Crippen LogP contribution in [0.15, 0.2) is 42.5 Å². The zero-order valence-electron chi connectivity index (χ0n) is 14.7. The number of carbonyl (C=O) groups is 1. The summed E-state index contributed by atoms with van der Waals surface area (Å²) in [6.07, 6.45) is 0. The number of aromatic hydroxyl groups is 1. The summed E-state index contributed by atoms with van der Waals surface area (Å²) in [5.74, 6) is 1.27. The third-order valence-corrected chi connectivity index (χ3v) is 6.71. The van der Waals surface area contributed by atoms with Crippen molar-refractivity contribution in [3.05, 3.63) is 48.0 Å². The zero-order chi connectivity index (χ0) is 19.3. The highest BCUT2D eigenvalue weighted by atomic mass is 32.2. The van der Waals surface area contributed by atoms with E-state index in [-0.39, 0.29) is 17.0 Å². The molecular formula is C19H14N4O3S2. The molecule has 0 aliphatic carbocycles. The summed E-state index contributed by atoms with van der Waals surface area (Å²) in [6, 6.07) is 12.5. The lowest BCUT2D eigenvalue weighted by Crippen LogP contribution is -2.28. The molecule has 0 saturated carbocycles. The van der Waals surface area contributed by atoms with Gasteiger partial charge in [0.15, 0.2) is 0 Å². The van der Waals surface area contributed by atoms with Gasteiger partial charge in [0.1, 0.15) is 27.6 Å². The number of thioether (sulfide) groups is 1. The lowest BCUT2D eigenvalue weighted by Gasteiger charge is -2.22. The molecule has 2 aromatic rings. The van der Waals surface area contributed by atoms with Crippen LogP contribution in [0.2, 0.25) is 0 Å². The first kappa shape index (κ1) is 17.2. The topological polar surface area (TPSA) is 88.4 Å². The molecule has 1 amide bonds. The van der Waals surface area contributed by atoms with Crippen molar-refractivity contribution in [3.63, 3.8) is 0 Å². The van der Waals surface area contributed by atoms with Gasteiger partial charge in [0, 0.05) is 5.39 Å². The van der Waals surface area contributed by atoms with Crippen molar-refractivity contribution in [2.75, 3.05) is 17.8 Å². The minimum atomic E-state index is -0.208. The average molecular weight is 410 g/mol. The van der Waals surface area contributed by atoms with Gasteiger partial charge in [-0.2, -0.15) is 0 Å². The second-order valence-electron chi connectivity index (χ2n) is 6.25. The number of benzene rings is 2. The maximum atomic E-state index is 12.6. The molecule has 1 fully saturated rings. The normalized spacial score (nSPS) is 17.0. The van der Waals surface area contributed by atoms with Crippen LogP contribution in [-0.2, 0) is 4.79 Å². The van der Waals surface area contributed by atoms with Crippen LogP contribution in [-0.4, -0.2) is 39.1 Å². The second kappa shape index (κ2) is 6.61. The number of phenols is 1. The SMILES string of the molecule is COc1ccc2nc3sc(N4C(=O)CSC4c4ccc(O)cc4)nnc-3c2c1. The van der Waals surface area contributed by atoms with Gasteiger partial charge in [0.05, 0.1) is 18.4 Å². The van der Waals surface area contributed by atoms with Crippen molar-refractivity contribution in [2.24, 2.45) is 0 Å². The number of rotatable bonds is 3. The first-order chi connectivity index (χ1) is 13.6. The Morgan fingerprint density at radius 1 is 1.18 bits per heavy atom. The Labute approximate surface area is 168 Å². The van der Waals surface area contributed by atoms with Crippen molar-refractivity contribution in [2.45, 2.75) is 5.37 Å². The Morgan fingerprint density at radius 3 is 2.79 bits per heavy atom. The molecule has 3 heterocycles. The number of fused-ring (bicyclic) bond motifs is 3. The number of phenolic OH excluding ortho intramolecular Hbond substituents is 1. The van der Waals surface area contributed by atoms with Crippen molar-refractivity contribution >= 4 is 45.0 Å². The molecule has 1 saturated heterocycles. The van der Waals surface area contributed by atoms with E-state index in [0.717, 1.165) is 27.2 Å². The van der Waals surface area contributed by atoms with E-state index in [1.165, 1.54) is 23.1 Å². The number of hydrogen-bond donors (Lipinski definition) is 1. The molecule has 9 heteroatoms. The zero-order valence-corrected chi connectivity index (χ0v) is 16.3. The highest BCUT2D eigenvalue weighted by Crippen LogP contribution is 2.44. The lowest BCUT2D eigenvalue weighted by molar-refractivity contribution is -0.115. The van der Waals surface area contributed by atoms with Crippen molar-refractivity contribution in [3.8, 4) is 22.2 Å². The molecule has 5 rings (SSSR count). The molecular weight excluding hydrogens is 396 g/mol. The minimum Gasteiger partial charge on any atom is -0.508 e. The number of carbonyl (C=O) groups excluding carboxylic acids is 1. The fraction of sp³-hybridized carbons (Fsp3) is 0.158. The van der Waals surface area contributed by atoms with Crippen LogP contribution < -0.4 is 9.64 Å². The van der Waals surface area contributed by atoms with Gasteiger partial charge in [-0.25, -0.2) is 4.98 Å². The molecule has 3 aliphatic rings.